The first-order chi connectivity index (χ1) is 13.6. The monoisotopic (exact) mass is 498 g/mol. The van der Waals surface area contributed by atoms with Gasteiger partial charge in [0.25, 0.3) is 20.0 Å². The van der Waals surface area contributed by atoms with E-state index in [1.165, 1.54) is 48.5 Å². The van der Waals surface area contributed by atoms with E-state index in [1.807, 2.05) is 0 Å². The second-order valence-electron chi connectivity index (χ2n) is 6.13. The van der Waals surface area contributed by atoms with Crippen molar-refractivity contribution >= 4 is 47.4 Å². The maximum absolute atomic E-state index is 13.8. The van der Waals surface area contributed by atoms with Gasteiger partial charge in [-0.15, -0.1) is 0 Å². The van der Waals surface area contributed by atoms with Crippen LogP contribution in [0.1, 0.15) is 5.56 Å². The molecule has 29 heavy (non-hydrogen) atoms. The molecule has 6 nitrogen and oxygen atoms in total. The normalized spacial score (nSPS) is 11.8. The molecule has 0 saturated carbocycles. The minimum atomic E-state index is -4.15. The molecule has 3 aromatic rings. The molecule has 0 radical (unpaired) electrons. The van der Waals surface area contributed by atoms with E-state index in [4.69, 9.17) is 0 Å². The summed E-state index contributed by atoms with van der Waals surface area (Å²) in [5.74, 6) is -0.722. The number of sulfonamides is 2. The van der Waals surface area contributed by atoms with E-state index in [2.05, 4.69) is 25.4 Å². The molecule has 0 aliphatic heterocycles. The van der Waals surface area contributed by atoms with Crippen LogP contribution in [0.15, 0.2) is 81.0 Å². The van der Waals surface area contributed by atoms with Gasteiger partial charge in [-0.1, -0.05) is 40.2 Å². The summed E-state index contributed by atoms with van der Waals surface area (Å²) >= 11 is 3.21. The molecular formula is C19H16BrFN2O4S2. The third-order valence-corrected chi connectivity index (χ3v) is 7.33. The summed E-state index contributed by atoms with van der Waals surface area (Å²) < 4.78 is 69.6. The van der Waals surface area contributed by atoms with Crippen LogP contribution >= 0.6 is 15.9 Å². The number of benzene rings is 3. The van der Waals surface area contributed by atoms with Crippen LogP contribution in [-0.4, -0.2) is 16.8 Å². The maximum atomic E-state index is 13.8. The third-order valence-electron chi connectivity index (χ3n) is 3.95. The number of hydrogen-bond acceptors (Lipinski definition) is 4. The fourth-order valence-electron chi connectivity index (χ4n) is 2.55. The molecule has 0 bridgehead atoms. The highest BCUT2D eigenvalue weighted by molar-refractivity contribution is 9.10. The molecule has 2 N–H and O–H groups in total. The molecule has 0 amide bonds. The highest BCUT2D eigenvalue weighted by Crippen LogP contribution is 2.26. The van der Waals surface area contributed by atoms with Crippen LogP contribution in [-0.2, 0) is 20.0 Å². The van der Waals surface area contributed by atoms with Crippen LogP contribution in [0.5, 0.6) is 0 Å². The lowest BCUT2D eigenvalue weighted by Crippen LogP contribution is -2.17. The zero-order valence-electron chi connectivity index (χ0n) is 15.1. The summed E-state index contributed by atoms with van der Waals surface area (Å²) in [7, 11) is -8.08. The molecule has 0 aliphatic rings. The molecule has 152 valence electrons. The standard InChI is InChI=1S/C19H16BrFN2O4S2/c1-13-9-10-15(22-28(24,25)16-6-4-5-14(20)11-16)12-19(13)29(26,27)23-18-8-3-2-7-17(18)21/h2-12,22-23H,1H3. The second-order valence-corrected chi connectivity index (χ2v) is 10.4. The molecule has 3 aromatic carbocycles. The minimum Gasteiger partial charge on any atom is -0.280 e. The minimum absolute atomic E-state index is 0.0151. The van der Waals surface area contributed by atoms with Crippen LogP contribution in [0.4, 0.5) is 15.8 Å². The Balaban J connectivity index is 1.95. The topological polar surface area (TPSA) is 92.3 Å². The van der Waals surface area contributed by atoms with Gasteiger partial charge in [-0.25, -0.2) is 21.2 Å². The van der Waals surface area contributed by atoms with Gasteiger partial charge in [0, 0.05) is 4.47 Å². The quantitative estimate of drug-likeness (QED) is 0.523. The number of aryl methyl sites for hydroxylation is 1. The van der Waals surface area contributed by atoms with Gasteiger partial charge < -0.3 is 0 Å². The molecule has 0 aromatic heterocycles. The Labute approximate surface area is 177 Å². The zero-order valence-corrected chi connectivity index (χ0v) is 18.3. The number of rotatable bonds is 6. The predicted octanol–water partition coefficient (Wildman–Crippen LogP) is 4.50. The summed E-state index contributed by atoms with van der Waals surface area (Å²) in [6.45, 7) is 1.56. The van der Waals surface area contributed by atoms with Gasteiger partial charge >= 0.3 is 0 Å². The Kier molecular flexibility index (Phi) is 5.97. The number of hydrogen-bond donors (Lipinski definition) is 2. The van der Waals surface area contributed by atoms with Crippen LogP contribution < -0.4 is 9.44 Å². The van der Waals surface area contributed by atoms with Crippen molar-refractivity contribution < 1.29 is 21.2 Å². The van der Waals surface area contributed by atoms with Crippen molar-refractivity contribution in [2.75, 3.05) is 9.44 Å². The average Bonchev–Trinajstić information content (AvgIpc) is 2.65. The SMILES string of the molecule is Cc1ccc(NS(=O)(=O)c2cccc(Br)c2)cc1S(=O)(=O)Nc1ccccc1F. The maximum Gasteiger partial charge on any atom is 0.262 e. The molecule has 0 aliphatic carbocycles. The van der Waals surface area contributed by atoms with Crippen molar-refractivity contribution in [3.8, 4) is 0 Å². The molecule has 0 unspecified atom stereocenters. The Morgan fingerprint density at radius 3 is 2.24 bits per heavy atom. The van der Waals surface area contributed by atoms with Gasteiger partial charge in [0.15, 0.2) is 0 Å². The Bertz CT molecular complexity index is 1280. The van der Waals surface area contributed by atoms with Gasteiger partial charge in [0.05, 0.1) is 21.2 Å². The first-order valence-corrected chi connectivity index (χ1v) is 12.0. The number of nitrogens with one attached hydrogen (secondary N) is 2. The summed E-state index contributed by atoms with van der Waals surface area (Å²) in [5, 5.41) is 0. The first-order valence-electron chi connectivity index (χ1n) is 8.25. The molecule has 0 atom stereocenters. The van der Waals surface area contributed by atoms with E-state index >= 15 is 0 Å². The summed E-state index contributed by atoms with van der Waals surface area (Å²) in [5.41, 5.74) is 0.232. The van der Waals surface area contributed by atoms with Crippen molar-refractivity contribution in [3.05, 3.63) is 82.6 Å². The molecular weight excluding hydrogens is 483 g/mol. The summed E-state index contributed by atoms with van der Waals surface area (Å²) in [6, 6.07) is 15.6. The number of halogens is 2. The van der Waals surface area contributed by atoms with E-state index in [-0.39, 0.29) is 21.2 Å². The smallest absolute Gasteiger partial charge is 0.262 e. The Morgan fingerprint density at radius 1 is 0.828 bits per heavy atom. The van der Waals surface area contributed by atoms with Crippen molar-refractivity contribution in [1.82, 2.24) is 0 Å². The van der Waals surface area contributed by atoms with Crippen molar-refractivity contribution in [2.24, 2.45) is 0 Å². The molecule has 10 heteroatoms. The largest absolute Gasteiger partial charge is 0.280 e. The van der Waals surface area contributed by atoms with Crippen LogP contribution in [0.25, 0.3) is 0 Å². The number of anilines is 2. The summed E-state index contributed by atoms with van der Waals surface area (Å²) in [4.78, 5) is -0.156. The van der Waals surface area contributed by atoms with E-state index in [0.29, 0.717) is 10.0 Å². The lowest BCUT2D eigenvalue weighted by molar-refractivity contribution is 0.596. The van der Waals surface area contributed by atoms with E-state index in [9.17, 15) is 21.2 Å². The van der Waals surface area contributed by atoms with E-state index in [0.717, 1.165) is 6.07 Å². The molecule has 0 heterocycles. The first kappa shape index (κ1) is 21.3. The van der Waals surface area contributed by atoms with Gasteiger partial charge in [-0.2, -0.15) is 0 Å². The molecule has 0 fully saturated rings. The van der Waals surface area contributed by atoms with Crippen LogP contribution in [0.2, 0.25) is 0 Å². The van der Waals surface area contributed by atoms with Gasteiger partial charge in [-0.05, 0) is 55.0 Å². The van der Waals surface area contributed by atoms with Crippen LogP contribution in [0.3, 0.4) is 0 Å². The molecule has 0 spiro atoms. The van der Waals surface area contributed by atoms with Crippen molar-refractivity contribution in [1.29, 1.82) is 0 Å². The molecule has 3 rings (SSSR count). The van der Waals surface area contributed by atoms with Gasteiger partial charge in [-0.3, -0.25) is 9.44 Å². The number of para-hydroxylation sites is 1. The highest BCUT2D eigenvalue weighted by Gasteiger charge is 2.21. The van der Waals surface area contributed by atoms with E-state index in [1.54, 1.807) is 19.1 Å². The lowest BCUT2D eigenvalue weighted by atomic mass is 10.2. The summed E-state index contributed by atoms with van der Waals surface area (Å²) in [6.07, 6.45) is 0. The van der Waals surface area contributed by atoms with E-state index < -0.39 is 25.9 Å². The second kappa shape index (κ2) is 8.13. The highest BCUT2D eigenvalue weighted by atomic mass is 79.9. The molecule has 0 saturated heterocycles. The van der Waals surface area contributed by atoms with Crippen molar-refractivity contribution in [2.45, 2.75) is 16.7 Å². The zero-order chi connectivity index (χ0) is 21.2. The lowest BCUT2D eigenvalue weighted by Gasteiger charge is -2.14. The van der Waals surface area contributed by atoms with Crippen molar-refractivity contribution in [3.63, 3.8) is 0 Å². The fraction of sp³-hybridized carbons (Fsp3) is 0.0526. The van der Waals surface area contributed by atoms with Crippen LogP contribution in [0, 0.1) is 12.7 Å². The van der Waals surface area contributed by atoms with Gasteiger partial charge in [0.1, 0.15) is 5.82 Å². The Morgan fingerprint density at radius 2 is 1.55 bits per heavy atom. The Hall–Kier alpha value is -2.43. The van der Waals surface area contributed by atoms with Gasteiger partial charge in [0.2, 0.25) is 0 Å². The predicted molar refractivity (Wildman–Crippen MR) is 113 cm³/mol. The third kappa shape index (κ3) is 4.95. The average molecular weight is 499 g/mol. The fourth-order valence-corrected chi connectivity index (χ4v) is 5.53.